The third-order valence-electron chi connectivity index (χ3n) is 9.77. The minimum atomic E-state index is -4.27. The lowest BCUT2D eigenvalue weighted by Crippen LogP contribution is -2.37. The fourth-order valence-corrected chi connectivity index (χ4v) is 6.97. The molecule has 0 aromatic rings. The predicted octanol–water partition coefficient (Wildman–Crippen LogP) is 13.2. The van der Waals surface area contributed by atoms with E-state index in [1.807, 2.05) is 21.1 Å². The molecule has 54 heavy (non-hydrogen) atoms. The van der Waals surface area contributed by atoms with Gasteiger partial charge >= 0.3 is 13.8 Å². The number of carbonyl (C=O) groups excluding carboxylic acids is 1. The minimum absolute atomic E-state index is 0.0897. The van der Waals surface area contributed by atoms with Crippen LogP contribution in [-0.4, -0.2) is 75.6 Å². The molecule has 0 aromatic heterocycles. The molecule has 0 amide bonds. The first-order valence-electron chi connectivity index (χ1n) is 22.6. The number of hydrogen-bond acceptors (Lipinski definition) is 6. The van der Waals surface area contributed by atoms with Crippen molar-refractivity contribution in [1.29, 1.82) is 0 Å². The van der Waals surface area contributed by atoms with Gasteiger partial charge in [-0.25, -0.2) is 4.57 Å². The molecule has 8 nitrogen and oxygen atoms in total. The van der Waals surface area contributed by atoms with Gasteiger partial charge in [-0.15, -0.1) is 0 Å². The Morgan fingerprint density at radius 1 is 0.574 bits per heavy atom. The maximum absolute atomic E-state index is 12.7. The van der Waals surface area contributed by atoms with Crippen LogP contribution >= 0.6 is 7.82 Å². The van der Waals surface area contributed by atoms with E-state index < -0.39 is 13.9 Å². The van der Waals surface area contributed by atoms with E-state index in [0.29, 0.717) is 24.1 Å². The number of carbonyl (C=O) groups is 1. The number of ether oxygens (including phenoxy) is 2. The van der Waals surface area contributed by atoms with Gasteiger partial charge in [0.1, 0.15) is 19.3 Å². The molecule has 0 fully saturated rings. The third-order valence-corrected chi connectivity index (χ3v) is 10.7. The fraction of sp³-hybridized carbons (Fsp3) is 0.889. The summed E-state index contributed by atoms with van der Waals surface area (Å²) in [7, 11) is 1.67. The van der Waals surface area contributed by atoms with Crippen molar-refractivity contribution in [3.8, 4) is 0 Å². The number of hydrogen-bond donors (Lipinski definition) is 1. The zero-order valence-corrected chi connectivity index (χ0v) is 37.1. The van der Waals surface area contributed by atoms with Crippen LogP contribution in [0.1, 0.15) is 200 Å². The van der Waals surface area contributed by atoms with E-state index in [9.17, 15) is 14.3 Å². The van der Waals surface area contributed by atoms with Crippen molar-refractivity contribution in [1.82, 2.24) is 0 Å². The lowest BCUT2D eigenvalue weighted by Gasteiger charge is -2.24. The van der Waals surface area contributed by atoms with Crippen LogP contribution in [0.25, 0.3) is 0 Å². The van der Waals surface area contributed by atoms with Gasteiger partial charge in [-0.05, 0) is 44.9 Å². The summed E-state index contributed by atoms with van der Waals surface area (Å²) in [6.45, 7) is 5.62. The quantitative estimate of drug-likeness (QED) is 0.0217. The van der Waals surface area contributed by atoms with Gasteiger partial charge in [0, 0.05) is 13.0 Å². The van der Waals surface area contributed by atoms with Crippen LogP contribution < -0.4 is 0 Å². The van der Waals surface area contributed by atoms with E-state index in [-0.39, 0.29) is 25.8 Å². The van der Waals surface area contributed by atoms with Gasteiger partial charge in [0.25, 0.3) is 0 Å². The molecule has 0 aliphatic carbocycles. The lowest BCUT2D eigenvalue weighted by atomic mass is 10.0. The molecule has 320 valence electrons. The number of unbranched alkanes of at least 4 members (excludes halogenated alkanes) is 24. The first kappa shape index (κ1) is 53.0. The maximum Gasteiger partial charge on any atom is 0.472 e. The van der Waals surface area contributed by atoms with Crippen LogP contribution in [-0.2, 0) is 27.9 Å². The number of phosphoric acid groups is 1. The Kier molecular flexibility index (Phi) is 38.1. The highest BCUT2D eigenvalue weighted by Gasteiger charge is 2.26. The zero-order valence-electron chi connectivity index (χ0n) is 36.2. The molecule has 0 radical (unpaired) electrons. The van der Waals surface area contributed by atoms with Gasteiger partial charge in [0.05, 0.1) is 34.4 Å². The molecule has 0 spiro atoms. The summed E-state index contributed by atoms with van der Waals surface area (Å²) in [5.74, 6) is -0.316. The fourth-order valence-electron chi connectivity index (χ4n) is 6.23. The van der Waals surface area contributed by atoms with Crippen LogP contribution in [0.5, 0.6) is 0 Å². The summed E-state index contributed by atoms with van der Waals surface area (Å²) in [5, 5.41) is 0. The van der Waals surface area contributed by atoms with Gasteiger partial charge in [0.2, 0.25) is 0 Å². The van der Waals surface area contributed by atoms with Crippen LogP contribution in [0.3, 0.4) is 0 Å². The molecule has 0 heterocycles. The molecule has 0 aliphatic rings. The topological polar surface area (TPSA) is 91.3 Å². The zero-order chi connectivity index (χ0) is 39.9. The number of esters is 1. The van der Waals surface area contributed by atoms with Crippen molar-refractivity contribution in [2.45, 2.75) is 206 Å². The van der Waals surface area contributed by atoms with E-state index in [1.165, 1.54) is 141 Å². The molecule has 1 N–H and O–H groups in total. The molecule has 0 aromatic carbocycles. The number of likely N-dealkylation sites (N-methyl/N-ethyl adjacent to an activating group) is 1. The summed E-state index contributed by atoms with van der Waals surface area (Å²) in [4.78, 5) is 22.9. The van der Waals surface area contributed by atoms with Crippen LogP contribution in [0.15, 0.2) is 24.3 Å². The van der Waals surface area contributed by atoms with E-state index in [2.05, 4.69) is 38.2 Å². The van der Waals surface area contributed by atoms with Crippen LogP contribution in [0.4, 0.5) is 0 Å². The normalized spacial score (nSPS) is 14.0. The highest BCUT2D eigenvalue weighted by Crippen LogP contribution is 2.43. The molecule has 2 atom stereocenters. The van der Waals surface area contributed by atoms with Crippen molar-refractivity contribution in [2.24, 2.45) is 0 Å². The van der Waals surface area contributed by atoms with E-state index >= 15 is 0 Å². The monoisotopic (exact) mass is 787 g/mol. The number of allylic oxidation sites excluding steroid dienone is 4. The second-order valence-electron chi connectivity index (χ2n) is 16.4. The van der Waals surface area contributed by atoms with Crippen molar-refractivity contribution in [3.63, 3.8) is 0 Å². The Hall–Kier alpha value is -1.02. The summed E-state index contributed by atoms with van der Waals surface area (Å²) in [6.07, 6.45) is 43.4. The summed E-state index contributed by atoms with van der Waals surface area (Å²) in [6, 6.07) is 0. The number of rotatable bonds is 42. The molecule has 0 saturated carbocycles. The lowest BCUT2D eigenvalue weighted by molar-refractivity contribution is -0.870. The number of phosphoric ester groups is 1. The average Bonchev–Trinajstić information content (AvgIpc) is 3.12. The first-order chi connectivity index (χ1) is 26.1. The van der Waals surface area contributed by atoms with Crippen molar-refractivity contribution in [3.05, 3.63) is 24.3 Å². The standard InChI is InChI=1S/C45H88NO7P/c1-6-8-10-12-14-16-18-20-21-22-23-24-25-26-28-30-32-34-36-38-45(47)53-44(43-52-54(48,49)51-41-39-46(3,4)5)42-50-40-37-35-33-31-29-27-19-17-15-13-11-9-7-2/h14,16,20-21,44H,6-13,15,17-19,22-43H2,1-5H3/p+1/b16-14-,21-20-. The Morgan fingerprint density at radius 2 is 1.02 bits per heavy atom. The summed E-state index contributed by atoms with van der Waals surface area (Å²) in [5.41, 5.74) is 0. The van der Waals surface area contributed by atoms with Gasteiger partial charge in [-0.2, -0.15) is 0 Å². The molecule has 0 bridgehead atoms. The Labute approximate surface area is 334 Å². The Bertz CT molecular complexity index is 920. The third kappa shape index (κ3) is 42.1. The molecule has 2 unspecified atom stereocenters. The molecule has 0 aliphatic heterocycles. The highest BCUT2D eigenvalue weighted by atomic mass is 31.2. The average molecular weight is 787 g/mol. The molecular formula is C45H89NO7P+. The van der Waals surface area contributed by atoms with Crippen molar-refractivity contribution in [2.75, 3.05) is 54.1 Å². The second-order valence-corrected chi connectivity index (χ2v) is 17.9. The van der Waals surface area contributed by atoms with Gasteiger partial charge in [0.15, 0.2) is 0 Å². The molecule has 0 rings (SSSR count). The van der Waals surface area contributed by atoms with E-state index in [4.69, 9.17) is 18.5 Å². The minimum Gasteiger partial charge on any atom is -0.457 e. The first-order valence-corrected chi connectivity index (χ1v) is 24.1. The van der Waals surface area contributed by atoms with Gasteiger partial charge in [-0.3, -0.25) is 13.8 Å². The van der Waals surface area contributed by atoms with Crippen LogP contribution in [0, 0.1) is 0 Å². The number of nitrogens with zero attached hydrogens (tertiary/aromatic N) is 1. The summed E-state index contributed by atoms with van der Waals surface area (Å²) >= 11 is 0. The van der Waals surface area contributed by atoms with Crippen molar-refractivity contribution >= 4 is 13.8 Å². The van der Waals surface area contributed by atoms with E-state index in [0.717, 1.165) is 38.5 Å². The van der Waals surface area contributed by atoms with Gasteiger partial charge in [-0.1, -0.05) is 173 Å². The SMILES string of the molecule is CCCCC/C=C\C/C=C\CCCCCCCCCCCC(=O)OC(COCCCCCCCCCCCCCCC)COP(=O)(O)OCC[N+](C)(C)C. The van der Waals surface area contributed by atoms with Gasteiger partial charge < -0.3 is 18.9 Å². The van der Waals surface area contributed by atoms with Crippen molar-refractivity contribution < 1.29 is 37.3 Å². The molecule has 9 heteroatoms. The second kappa shape index (κ2) is 38.8. The Morgan fingerprint density at radius 3 is 1.54 bits per heavy atom. The summed E-state index contributed by atoms with van der Waals surface area (Å²) < 4.78 is 35.0. The molecular weight excluding hydrogens is 697 g/mol. The van der Waals surface area contributed by atoms with E-state index in [1.54, 1.807) is 0 Å². The predicted molar refractivity (Wildman–Crippen MR) is 229 cm³/mol. The number of quaternary nitrogens is 1. The Balaban J connectivity index is 4.19. The largest absolute Gasteiger partial charge is 0.472 e. The smallest absolute Gasteiger partial charge is 0.457 e. The van der Waals surface area contributed by atoms with Crippen LogP contribution in [0.2, 0.25) is 0 Å². The molecule has 0 saturated heterocycles. The maximum atomic E-state index is 12.7. The highest BCUT2D eigenvalue weighted by molar-refractivity contribution is 7.47.